The minimum atomic E-state index is 0.954. The molecule has 0 fully saturated rings. The predicted molar refractivity (Wildman–Crippen MR) is 106 cm³/mol. The van der Waals surface area contributed by atoms with Gasteiger partial charge in [-0.15, -0.1) is 0 Å². The van der Waals surface area contributed by atoms with E-state index in [1.807, 2.05) is 0 Å². The van der Waals surface area contributed by atoms with E-state index in [1.165, 1.54) is 28.2 Å². The molecule has 0 radical (unpaired) electrons. The monoisotopic (exact) mass is 385 g/mol. The van der Waals surface area contributed by atoms with E-state index in [9.17, 15) is 0 Å². The third-order valence-electron chi connectivity index (χ3n) is 4.34. The molecule has 0 spiro atoms. The first-order chi connectivity index (χ1) is 11.6. The molecule has 126 valence electrons. The Morgan fingerprint density at radius 1 is 1.12 bits per heavy atom. The van der Waals surface area contributed by atoms with Crippen LogP contribution in [-0.4, -0.2) is 16.1 Å². The highest BCUT2D eigenvalue weighted by molar-refractivity contribution is 9.10. The smallest absolute Gasteiger partial charge is 0.109 e. The lowest BCUT2D eigenvalue weighted by Gasteiger charge is -2.11. The number of nitrogens with one attached hydrogen (secondary N) is 1. The molecule has 0 aliphatic rings. The molecule has 4 heteroatoms. The van der Waals surface area contributed by atoms with Crippen molar-refractivity contribution in [3.8, 4) is 0 Å². The van der Waals surface area contributed by atoms with Gasteiger partial charge in [-0.1, -0.05) is 28.9 Å². The zero-order chi connectivity index (χ0) is 17.1. The van der Waals surface area contributed by atoms with Gasteiger partial charge in [-0.2, -0.15) is 0 Å². The van der Waals surface area contributed by atoms with E-state index in [0.29, 0.717) is 0 Å². The summed E-state index contributed by atoms with van der Waals surface area (Å²) >= 11 is 3.54. The number of hydrogen-bond acceptors (Lipinski definition) is 2. The van der Waals surface area contributed by atoms with E-state index in [0.717, 1.165) is 35.9 Å². The van der Waals surface area contributed by atoms with Gasteiger partial charge in [0.2, 0.25) is 0 Å². The lowest BCUT2D eigenvalue weighted by molar-refractivity contribution is 0.645. The molecule has 3 nitrogen and oxygen atoms in total. The van der Waals surface area contributed by atoms with Crippen LogP contribution in [-0.2, 0) is 13.0 Å². The van der Waals surface area contributed by atoms with Gasteiger partial charge in [-0.25, -0.2) is 4.98 Å². The molecular weight excluding hydrogens is 362 g/mol. The Hall–Kier alpha value is -1.81. The number of halogens is 1. The van der Waals surface area contributed by atoms with Crippen LogP contribution in [0.2, 0.25) is 0 Å². The summed E-state index contributed by atoms with van der Waals surface area (Å²) in [4.78, 5) is 4.77. The maximum Gasteiger partial charge on any atom is 0.109 e. The van der Waals surface area contributed by atoms with Crippen molar-refractivity contribution in [2.45, 2.75) is 40.2 Å². The van der Waals surface area contributed by atoms with Crippen molar-refractivity contribution in [3.63, 3.8) is 0 Å². The van der Waals surface area contributed by atoms with Crippen molar-refractivity contribution in [1.82, 2.24) is 9.55 Å². The molecule has 3 rings (SSSR count). The number of nitrogens with zero attached hydrogens (tertiary/aromatic N) is 2. The Bertz CT molecular complexity index is 851. The summed E-state index contributed by atoms with van der Waals surface area (Å²) in [7, 11) is 0. The van der Waals surface area contributed by atoms with Crippen molar-refractivity contribution < 1.29 is 0 Å². The second-order valence-electron chi connectivity index (χ2n) is 6.27. The fourth-order valence-corrected chi connectivity index (χ4v) is 3.27. The van der Waals surface area contributed by atoms with Crippen LogP contribution in [0.25, 0.3) is 11.0 Å². The van der Waals surface area contributed by atoms with E-state index < -0.39 is 0 Å². The molecule has 0 atom stereocenters. The second-order valence-corrected chi connectivity index (χ2v) is 7.12. The quantitative estimate of drug-likeness (QED) is 0.569. The van der Waals surface area contributed by atoms with E-state index in [1.54, 1.807) is 0 Å². The normalized spacial score (nSPS) is 11.2. The largest absolute Gasteiger partial charge is 0.385 e. The van der Waals surface area contributed by atoms with Gasteiger partial charge >= 0.3 is 0 Å². The van der Waals surface area contributed by atoms with Crippen LogP contribution in [0.5, 0.6) is 0 Å². The number of rotatable bonds is 6. The number of fused-ring (bicyclic) bond motifs is 1. The highest BCUT2D eigenvalue weighted by atomic mass is 79.9. The Morgan fingerprint density at radius 3 is 2.71 bits per heavy atom. The molecule has 0 amide bonds. The van der Waals surface area contributed by atoms with Crippen molar-refractivity contribution in [1.29, 1.82) is 0 Å². The Labute approximate surface area is 152 Å². The van der Waals surface area contributed by atoms with Crippen LogP contribution < -0.4 is 5.32 Å². The van der Waals surface area contributed by atoms with Crippen LogP contribution in [0.4, 0.5) is 5.69 Å². The lowest BCUT2D eigenvalue weighted by atomic mass is 10.2. The Balaban J connectivity index is 1.67. The minimum Gasteiger partial charge on any atom is -0.385 e. The summed E-state index contributed by atoms with van der Waals surface area (Å²) < 4.78 is 3.53. The number of aryl methyl sites for hydroxylation is 4. The van der Waals surface area contributed by atoms with Gasteiger partial charge in [0.1, 0.15) is 5.82 Å². The SMILES string of the molecule is CCc1nc2ccc(C)cc2n1CCCNc1ccc(Br)c(C)c1. The van der Waals surface area contributed by atoms with E-state index in [2.05, 4.69) is 83.0 Å². The number of hydrogen-bond donors (Lipinski definition) is 1. The molecular formula is C20H24BrN3. The molecule has 2 aromatic carbocycles. The summed E-state index contributed by atoms with van der Waals surface area (Å²) in [6, 6.07) is 12.9. The molecule has 0 bridgehead atoms. The summed E-state index contributed by atoms with van der Waals surface area (Å²) in [5.41, 5.74) is 6.08. The van der Waals surface area contributed by atoms with Crippen molar-refractivity contribution >= 4 is 32.7 Å². The first-order valence-corrected chi connectivity index (χ1v) is 9.33. The minimum absolute atomic E-state index is 0.954. The second kappa shape index (κ2) is 7.39. The van der Waals surface area contributed by atoms with Gasteiger partial charge in [-0.3, -0.25) is 0 Å². The molecule has 1 heterocycles. The van der Waals surface area contributed by atoms with Gasteiger partial charge in [0.15, 0.2) is 0 Å². The molecule has 0 aliphatic carbocycles. The molecule has 0 unspecified atom stereocenters. The number of aromatic nitrogens is 2. The standard InChI is InChI=1S/C20H24BrN3/c1-4-20-23-18-9-6-14(2)12-19(18)24(20)11-5-10-22-16-7-8-17(21)15(3)13-16/h6-9,12-13,22H,4-5,10-11H2,1-3H3. The van der Waals surface area contributed by atoms with E-state index >= 15 is 0 Å². The van der Waals surface area contributed by atoms with Gasteiger partial charge in [-0.05, 0) is 61.7 Å². The first kappa shape index (κ1) is 17.0. The maximum atomic E-state index is 4.77. The van der Waals surface area contributed by atoms with Crippen molar-refractivity contribution in [3.05, 3.63) is 57.8 Å². The molecule has 24 heavy (non-hydrogen) atoms. The van der Waals surface area contributed by atoms with Crippen LogP contribution >= 0.6 is 15.9 Å². The first-order valence-electron chi connectivity index (χ1n) is 8.54. The molecule has 1 aromatic heterocycles. The van der Waals surface area contributed by atoms with Gasteiger partial charge in [0.25, 0.3) is 0 Å². The van der Waals surface area contributed by atoms with Gasteiger partial charge in [0, 0.05) is 29.7 Å². The summed E-state index contributed by atoms with van der Waals surface area (Å²) in [6.45, 7) is 8.37. The van der Waals surface area contributed by atoms with Crippen molar-refractivity contribution in [2.75, 3.05) is 11.9 Å². The van der Waals surface area contributed by atoms with Gasteiger partial charge in [0.05, 0.1) is 11.0 Å². The van der Waals surface area contributed by atoms with E-state index in [4.69, 9.17) is 4.98 Å². The molecule has 0 saturated heterocycles. The maximum absolute atomic E-state index is 4.77. The fourth-order valence-electron chi connectivity index (χ4n) is 3.03. The van der Waals surface area contributed by atoms with E-state index in [-0.39, 0.29) is 0 Å². The summed E-state index contributed by atoms with van der Waals surface area (Å²) in [5, 5.41) is 3.52. The van der Waals surface area contributed by atoms with Gasteiger partial charge < -0.3 is 9.88 Å². The third-order valence-corrected chi connectivity index (χ3v) is 5.23. The molecule has 0 saturated carbocycles. The Morgan fingerprint density at radius 2 is 1.96 bits per heavy atom. The zero-order valence-corrected chi connectivity index (χ0v) is 16.2. The lowest BCUT2D eigenvalue weighted by Crippen LogP contribution is -2.09. The fraction of sp³-hybridized carbons (Fsp3) is 0.350. The average Bonchev–Trinajstić information content (AvgIpc) is 2.92. The van der Waals surface area contributed by atoms with Crippen LogP contribution in [0.3, 0.4) is 0 Å². The molecule has 1 N–H and O–H groups in total. The number of anilines is 1. The number of benzene rings is 2. The third kappa shape index (κ3) is 3.64. The zero-order valence-electron chi connectivity index (χ0n) is 14.6. The van der Waals surface area contributed by atoms with Crippen molar-refractivity contribution in [2.24, 2.45) is 0 Å². The molecule has 3 aromatic rings. The predicted octanol–water partition coefficient (Wildman–Crippen LogP) is 5.48. The van der Waals surface area contributed by atoms with Crippen LogP contribution in [0.15, 0.2) is 40.9 Å². The summed E-state index contributed by atoms with van der Waals surface area (Å²) in [5.74, 6) is 1.18. The average molecular weight is 386 g/mol. The van der Waals surface area contributed by atoms with Crippen LogP contribution in [0, 0.1) is 13.8 Å². The Kier molecular flexibility index (Phi) is 5.24. The topological polar surface area (TPSA) is 29.9 Å². The molecule has 0 aliphatic heterocycles. The summed E-state index contributed by atoms with van der Waals surface area (Å²) in [6.07, 6.45) is 2.04. The highest BCUT2D eigenvalue weighted by Crippen LogP contribution is 2.21. The number of imidazole rings is 1. The highest BCUT2D eigenvalue weighted by Gasteiger charge is 2.09. The van der Waals surface area contributed by atoms with Crippen LogP contribution in [0.1, 0.15) is 30.3 Å².